The Kier molecular flexibility index (Phi) is 5.13. The van der Waals surface area contributed by atoms with Crippen molar-refractivity contribution in [2.45, 2.75) is 44.3 Å². The van der Waals surface area contributed by atoms with Crippen LogP contribution in [-0.2, 0) is 11.0 Å². The Morgan fingerprint density at radius 1 is 1.29 bits per heavy atom. The second-order valence-corrected chi connectivity index (χ2v) is 6.73. The number of rotatable bonds is 7. The van der Waals surface area contributed by atoms with Crippen molar-refractivity contribution in [3.8, 4) is 0 Å². The van der Waals surface area contributed by atoms with Crippen LogP contribution in [0.3, 0.4) is 0 Å². The maximum absolute atomic E-state index is 12.9. The van der Waals surface area contributed by atoms with Crippen molar-refractivity contribution in [3.63, 3.8) is 0 Å². The van der Waals surface area contributed by atoms with Gasteiger partial charge in [-0.05, 0) is 55.8 Å². The molecule has 132 valence electrons. The minimum atomic E-state index is -4.31. The van der Waals surface area contributed by atoms with E-state index < -0.39 is 11.7 Å². The van der Waals surface area contributed by atoms with Crippen molar-refractivity contribution < 1.29 is 18.0 Å². The fraction of sp³-hybridized carbons (Fsp3) is 0.611. The van der Waals surface area contributed by atoms with E-state index in [1.807, 2.05) is 4.90 Å². The average Bonchev–Trinajstić information content (AvgIpc) is 3.29. The number of carbonyl (C=O) groups is 1. The quantitative estimate of drug-likeness (QED) is 0.767. The van der Waals surface area contributed by atoms with Crippen LogP contribution in [0.1, 0.15) is 49.3 Å². The highest BCUT2D eigenvalue weighted by molar-refractivity contribution is 5.77. The number of hydrogen-bond donors (Lipinski definition) is 1. The molecule has 0 aromatic heterocycles. The molecule has 6 heteroatoms. The van der Waals surface area contributed by atoms with E-state index in [1.165, 1.54) is 12.1 Å². The second-order valence-electron chi connectivity index (χ2n) is 6.73. The Bertz CT molecular complexity index is 584. The molecule has 2 aliphatic rings. The van der Waals surface area contributed by atoms with E-state index in [2.05, 4.69) is 5.32 Å². The average molecular weight is 340 g/mol. The molecule has 1 amide bonds. The van der Waals surface area contributed by atoms with Crippen molar-refractivity contribution in [1.82, 2.24) is 10.2 Å². The summed E-state index contributed by atoms with van der Waals surface area (Å²) in [7, 11) is 0. The van der Waals surface area contributed by atoms with E-state index in [0.717, 1.165) is 44.8 Å². The number of likely N-dealkylation sites (tertiary alicyclic amines) is 1. The summed E-state index contributed by atoms with van der Waals surface area (Å²) in [6, 6.07) is 5.61. The van der Waals surface area contributed by atoms with E-state index in [9.17, 15) is 18.0 Å². The van der Waals surface area contributed by atoms with E-state index in [1.54, 1.807) is 6.07 Å². The van der Waals surface area contributed by atoms with Crippen LogP contribution in [-0.4, -0.2) is 30.4 Å². The van der Waals surface area contributed by atoms with Crippen molar-refractivity contribution >= 4 is 5.91 Å². The highest BCUT2D eigenvalue weighted by Gasteiger charge is 2.35. The lowest BCUT2D eigenvalue weighted by molar-refractivity contribution is -0.137. The monoisotopic (exact) mass is 340 g/mol. The Hall–Kier alpha value is -1.56. The summed E-state index contributed by atoms with van der Waals surface area (Å²) in [6.45, 7) is 2.27. The Labute approximate surface area is 140 Å². The lowest BCUT2D eigenvalue weighted by Crippen LogP contribution is -2.30. The van der Waals surface area contributed by atoms with Gasteiger partial charge in [0.15, 0.2) is 0 Å². The molecule has 24 heavy (non-hydrogen) atoms. The lowest BCUT2D eigenvalue weighted by atomic mass is 9.99. The van der Waals surface area contributed by atoms with Crippen molar-refractivity contribution in [1.29, 1.82) is 0 Å². The zero-order valence-corrected chi connectivity index (χ0v) is 13.6. The number of hydrogen-bond acceptors (Lipinski definition) is 2. The van der Waals surface area contributed by atoms with Gasteiger partial charge in [0.2, 0.25) is 5.91 Å². The van der Waals surface area contributed by atoms with E-state index in [-0.39, 0.29) is 11.9 Å². The Morgan fingerprint density at radius 3 is 2.71 bits per heavy atom. The molecule has 1 N–H and O–H groups in total. The number of benzene rings is 1. The molecular weight excluding hydrogens is 317 g/mol. The fourth-order valence-corrected chi connectivity index (χ4v) is 3.36. The van der Waals surface area contributed by atoms with Crippen LogP contribution in [0, 0.1) is 5.92 Å². The van der Waals surface area contributed by atoms with Crippen LogP contribution in [0.2, 0.25) is 0 Å². The summed E-state index contributed by atoms with van der Waals surface area (Å²) >= 11 is 0. The summed E-state index contributed by atoms with van der Waals surface area (Å²) in [5, 5.41) is 3.41. The maximum atomic E-state index is 12.9. The SMILES string of the molecule is O=C1CCCN1CCCN[C@H](c1cccc(C(F)(F)F)c1)C1CC1. The number of nitrogens with zero attached hydrogens (tertiary/aromatic N) is 1. The first-order valence-electron chi connectivity index (χ1n) is 8.63. The third-order valence-corrected chi connectivity index (χ3v) is 4.81. The van der Waals surface area contributed by atoms with Gasteiger partial charge in [-0.15, -0.1) is 0 Å². The van der Waals surface area contributed by atoms with Crippen LogP contribution < -0.4 is 5.32 Å². The highest BCUT2D eigenvalue weighted by Crippen LogP contribution is 2.42. The summed E-state index contributed by atoms with van der Waals surface area (Å²) in [5.74, 6) is 0.633. The molecule has 3 nitrogen and oxygen atoms in total. The molecule has 1 aromatic carbocycles. The number of carbonyl (C=O) groups excluding carboxylic acids is 1. The van der Waals surface area contributed by atoms with Crippen LogP contribution in [0.25, 0.3) is 0 Å². The Balaban J connectivity index is 1.56. The molecule has 0 unspecified atom stereocenters. The summed E-state index contributed by atoms with van der Waals surface area (Å²) in [4.78, 5) is 13.4. The fourth-order valence-electron chi connectivity index (χ4n) is 3.36. The van der Waals surface area contributed by atoms with E-state index >= 15 is 0 Å². The van der Waals surface area contributed by atoms with Crippen LogP contribution in [0.5, 0.6) is 0 Å². The molecule has 0 bridgehead atoms. The van der Waals surface area contributed by atoms with E-state index in [0.29, 0.717) is 24.4 Å². The van der Waals surface area contributed by atoms with Crippen molar-refractivity contribution in [2.75, 3.05) is 19.6 Å². The van der Waals surface area contributed by atoms with Gasteiger partial charge in [-0.25, -0.2) is 0 Å². The van der Waals surface area contributed by atoms with Crippen LogP contribution in [0.15, 0.2) is 24.3 Å². The maximum Gasteiger partial charge on any atom is 0.416 e. The molecule has 1 aliphatic heterocycles. The van der Waals surface area contributed by atoms with Gasteiger partial charge in [0, 0.05) is 25.6 Å². The first-order valence-corrected chi connectivity index (χ1v) is 8.63. The molecule has 1 saturated heterocycles. The molecule has 1 saturated carbocycles. The molecule has 2 fully saturated rings. The zero-order valence-electron chi connectivity index (χ0n) is 13.6. The second kappa shape index (κ2) is 7.13. The first kappa shape index (κ1) is 17.3. The molecular formula is C18H23F3N2O. The van der Waals surface area contributed by atoms with Gasteiger partial charge >= 0.3 is 6.18 Å². The molecule has 1 atom stereocenters. The first-order chi connectivity index (χ1) is 11.4. The summed E-state index contributed by atoms with van der Waals surface area (Å²) < 4.78 is 38.7. The molecule has 1 heterocycles. The lowest BCUT2D eigenvalue weighted by Gasteiger charge is -2.21. The van der Waals surface area contributed by atoms with Crippen molar-refractivity contribution in [3.05, 3.63) is 35.4 Å². The third-order valence-electron chi connectivity index (χ3n) is 4.81. The zero-order chi connectivity index (χ0) is 17.2. The standard InChI is InChI=1S/C18H23F3N2O/c19-18(20,21)15-5-1-4-14(12-15)17(13-7-8-13)22-9-3-11-23-10-2-6-16(23)24/h1,4-5,12-13,17,22H,2-3,6-11H2/t17-/m0/s1. The number of amides is 1. The minimum absolute atomic E-state index is 0.0263. The smallest absolute Gasteiger partial charge is 0.343 e. The van der Waals surface area contributed by atoms with Gasteiger partial charge in [-0.3, -0.25) is 4.79 Å². The molecule has 1 aromatic rings. The van der Waals surface area contributed by atoms with Gasteiger partial charge in [-0.1, -0.05) is 12.1 Å². The highest BCUT2D eigenvalue weighted by atomic mass is 19.4. The van der Waals surface area contributed by atoms with Gasteiger partial charge in [0.05, 0.1) is 5.56 Å². The molecule has 3 rings (SSSR count). The van der Waals surface area contributed by atoms with Gasteiger partial charge < -0.3 is 10.2 Å². The topological polar surface area (TPSA) is 32.3 Å². The molecule has 0 spiro atoms. The minimum Gasteiger partial charge on any atom is -0.343 e. The predicted octanol–water partition coefficient (Wildman–Crippen LogP) is 3.76. The normalized spacial score (nSPS) is 19.8. The third kappa shape index (κ3) is 4.29. The number of halogens is 3. The van der Waals surface area contributed by atoms with Gasteiger partial charge in [-0.2, -0.15) is 13.2 Å². The van der Waals surface area contributed by atoms with Crippen LogP contribution in [0.4, 0.5) is 13.2 Å². The van der Waals surface area contributed by atoms with E-state index in [4.69, 9.17) is 0 Å². The van der Waals surface area contributed by atoms with Gasteiger partial charge in [0.1, 0.15) is 0 Å². The molecule has 1 aliphatic carbocycles. The Morgan fingerprint density at radius 2 is 2.08 bits per heavy atom. The largest absolute Gasteiger partial charge is 0.416 e. The molecule has 0 radical (unpaired) electrons. The van der Waals surface area contributed by atoms with Crippen molar-refractivity contribution in [2.24, 2.45) is 5.92 Å². The number of nitrogens with one attached hydrogen (secondary N) is 1. The summed E-state index contributed by atoms with van der Waals surface area (Å²) in [5.41, 5.74) is 0.125. The predicted molar refractivity (Wildman–Crippen MR) is 85.3 cm³/mol. The number of alkyl halides is 3. The summed E-state index contributed by atoms with van der Waals surface area (Å²) in [6.07, 6.45) is 0.203. The van der Waals surface area contributed by atoms with Gasteiger partial charge in [0.25, 0.3) is 0 Å². The van der Waals surface area contributed by atoms with Crippen LogP contribution >= 0.6 is 0 Å².